The molecule has 0 N–H and O–H groups in total. The van der Waals surface area contributed by atoms with E-state index in [4.69, 9.17) is 0 Å². The van der Waals surface area contributed by atoms with Gasteiger partial charge in [0, 0.05) is 36.0 Å². The fourth-order valence-corrected chi connectivity index (χ4v) is 2.87. The lowest BCUT2D eigenvalue weighted by atomic mass is 10.1. The molecule has 14 heavy (non-hydrogen) atoms. The van der Waals surface area contributed by atoms with Crippen LogP contribution in [0.1, 0.15) is 13.3 Å². The first-order valence-corrected chi connectivity index (χ1v) is 6.02. The molecule has 1 aromatic rings. The van der Waals surface area contributed by atoms with Gasteiger partial charge in [0.15, 0.2) is 0 Å². The SMILES string of the molecule is CCC1CN(c2ccncc2)CC1Br. The van der Waals surface area contributed by atoms with Gasteiger partial charge in [0.2, 0.25) is 0 Å². The van der Waals surface area contributed by atoms with Gasteiger partial charge in [-0.05, 0) is 18.1 Å². The summed E-state index contributed by atoms with van der Waals surface area (Å²) in [5.41, 5.74) is 1.29. The largest absolute Gasteiger partial charge is 0.370 e. The Kier molecular flexibility index (Phi) is 3.06. The van der Waals surface area contributed by atoms with Gasteiger partial charge in [0.25, 0.3) is 0 Å². The summed E-state index contributed by atoms with van der Waals surface area (Å²) >= 11 is 3.75. The molecule has 0 spiro atoms. The van der Waals surface area contributed by atoms with E-state index in [-0.39, 0.29) is 0 Å². The zero-order chi connectivity index (χ0) is 9.97. The van der Waals surface area contributed by atoms with Gasteiger partial charge in [-0.2, -0.15) is 0 Å². The predicted octanol–water partition coefficient (Wildman–Crippen LogP) is 2.69. The number of hydrogen-bond acceptors (Lipinski definition) is 2. The number of alkyl halides is 1. The van der Waals surface area contributed by atoms with Crippen LogP contribution in [0.3, 0.4) is 0 Å². The molecular weight excluding hydrogens is 240 g/mol. The summed E-state index contributed by atoms with van der Waals surface area (Å²) in [7, 11) is 0. The average molecular weight is 255 g/mol. The van der Waals surface area contributed by atoms with Gasteiger partial charge < -0.3 is 4.90 Å². The Morgan fingerprint density at radius 2 is 2.14 bits per heavy atom. The molecule has 1 fully saturated rings. The van der Waals surface area contributed by atoms with Gasteiger partial charge in [-0.3, -0.25) is 4.98 Å². The number of anilines is 1. The second-order valence-corrected chi connectivity index (χ2v) is 4.97. The Balaban J connectivity index is 2.09. The van der Waals surface area contributed by atoms with E-state index >= 15 is 0 Å². The molecule has 0 bridgehead atoms. The van der Waals surface area contributed by atoms with Gasteiger partial charge >= 0.3 is 0 Å². The standard InChI is InChI=1S/C11H15BrN2/c1-2-9-7-14(8-11(9)12)10-3-5-13-6-4-10/h3-6,9,11H,2,7-8H2,1H3. The van der Waals surface area contributed by atoms with Crippen molar-refractivity contribution in [2.75, 3.05) is 18.0 Å². The van der Waals surface area contributed by atoms with Crippen molar-refractivity contribution in [3.05, 3.63) is 24.5 Å². The summed E-state index contributed by atoms with van der Waals surface area (Å²) in [5, 5.41) is 0. The van der Waals surface area contributed by atoms with Crippen molar-refractivity contribution in [1.29, 1.82) is 0 Å². The molecule has 0 aromatic carbocycles. The van der Waals surface area contributed by atoms with E-state index in [1.807, 2.05) is 12.4 Å². The van der Waals surface area contributed by atoms with E-state index in [1.165, 1.54) is 12.1 Å². The number of aromatic nitrogens is 1. The highest BCUT2D eigenvalue weighted by Crippen LogP contribution is 2.29. The molecule has 2 nitrogen and oxygen atoms in total. The molecule has 0 radical (unpaired) electrons. The van der Waals surface area contributed by atoms with Crippen molar-refractivity contribution in [2.45, 2.75) is 18.2 Å². The quantitative estimate of drug-likeness (QED) is 0.755. The van der Waals surface area contributed by atoms with Crippen LogP contribution in [0.2, 0.25) is 0 Å². The van der Waals surface area contributed by atoms with Crippen LogP contribution < -0.4 is 4.90 Å². The zero-order valence-corrected chi connectivity index (χ0v) is 9.94. The maximum atomic E-state index is 4.04. The lowest BCUT2D eigenvalue weighted by Crippen LogP contribution is -2.19. The summed E-state index contributed by atoms with van der Waals surface area (Å²) in [5.74, 6) is 0.781. The molecule has 1 aliphatic rings. The fourth-order valence-electron chi connectivity index (χ4n) is 1.98. The van der Waals surface area contributed by atoms with Crippen LogP contribution in [0.15, 0.2) is 24.5 Å². The first-order valence-electron chi connectivity index (χ1n) is 5.10. The summed E-state index contributed by atoms with van der Waals surface area (Å²) < 4.78 is 0. The number of rotatable bonds is 2. The second-order valence-electron chi connectivity index (χ2n) is 3.79. The van der Waals surface area contributed by atoms with Gasteiger partial charge in [0.1, 0.15) is 0 Å². The number of pyridine rings is 1. The van der Waals surface area contributed by atoms with Crippen LogP contribution >= 0.6 is 15.9 Å². The molecule has 2 unspecified atom stereocenters. The van der Waals surface area contributed by atoms with Crippen LogP contribution in [0.5, 0.6) is 0 Å². The van der Waals surface area contributed by atoms with E-state index in [0.717, 1.165) is 19.0 Å². The number of nitrogens with zero attached hydrogens (tertiary/aromatic N) is 2. The highest BCUT2D eigenvalue weighted by molar-refractivity contribution is 9.09. The first-order chi connectivity index (χ1) is 6.81. The summed E-state index contributed by atoms with van der Waals surface area (Å²) in [6, 6.07) is 4.16. The molecule has 1 aromatic heterocycles. The lowest BCUT2D eigenvalue weighted by Gasteiger charge is -2.17. The Morgan fingerprint density at radius 3 is 2.71 bits per heavy atom. The van der Waals surface area contributed by atoms with Gasteiger partial charge in [-0.15, -0.1) is 0 Å². The Morgan fingerprint density at radius 1 is 1.43 bits per heavy atom. The van der Waals surface area contributed by atoms with Gasteiger partial charge in [-0.25, -0.2) is 0 Å². The summed E-state index contributed by atoms with van der Waals surface area (Å²) in [4.78, 5) is 7.10. The number of hydrogen-bond donors (Lipinski definition) is 0. The molecule has 2 atom stereocenters. The molecule has 1 aliphatic heterocycles. The highest BCUT2D eigenvalue weighted by atomic mass is 79.9. The Hall–Kier alpha value is -0.570. The average Bonchev–Trinajstić information content (AvgIpc) is 2.61. The van der Waals surface area contributed by atoms with Crippen molar-refractivity contribution < 1.29 is 0 Å². The monoisotopic (exact) mass is 254 g/mol. The molecule has 2 heterocycles. The van der Waals surface area contributed by atoms with Crippen LogP contribution in [0.4, 0.5) is 5.69 Å². The first kappa shape index (κ1) is 9.97. The van der Waals surface area contributed by atoms with Crippen molar-refractivity contribution in [3.63, 3.8) is 0 Å². The van der Waals surface area contributed by atoms with Crippen LogP contribution in [0, 0.1) is 5.92 Å². The summed E-state index contributed by atoms with van der Waals surface area (Å²) in [6.45, 7) is 4.54. The van der Waals surface area contributed by atoms with E-state index in [0.29, 0.717) is 4.83 Å². The second kappa shape index (κ2) is 4.30. The van der Waals surface area contributed by atoms with Crippen molar-refractivity contribution in [3.8, 4) is 0 Å². The fraction of sp³-hybridized carbons (Fsp3) is 0.545. The summed E-state index contributed by atoms with van der Waals surface area (Å²) in [6.07, 6.45) is 4.97. The van der Waals surface area contributed by atoms with Crippen LogP contribution in [-0.4, -0.2) is 22.9 Å². The van der Waals surface area contributed by atoms with E-state index in [2.05, 4.69) is 44.9 Å². The minimum Gasteiger partial charge on any atom is -0.370 e. The Bertz CT molecular complexity index is 289. The van der Waals surface area contributed by atoms with Crippen LogP contribution in [0.25, 0.3) is 0 Å². The lowest BCUT2D eigenvalue weighted by molar-refractivity contribution is 0.585. The Labute approximate surface area is 93.5 Å². The molecule has 76 valence electrons. The smallest absolute Gasteiger partial charge is 0.0397 e. The zero-order valence-electron chi connectivity index (χ0n) is 8.36. The highest BCUT2D eigenvalue weighted by Gasteiger charge is 2.29. The predicted molar refractivity (Wildman–Crippen MR) is 62.9 cm³/mol. The molecular formula is C11H15BrN2. The third kappa shape index (κ3) is 1.92. The van der Waals surface area contributed by atoms with Crippen molar-refractivity contribution in [1.82, 2.24) is 4.98 Å². The molecule has 0 saturated carbocycles. The third-order valence-electron chi connectivity index (χ3n) is 2.91. The topological polar surface area (TPSA) is 16.1 Å². The molecule has 3 heteroatoms. The normalized spacial score (nSPS) is 26.9. The van der Waals surface area contributed by atoms with Gasteiger partial charge in [0.05, 0.1) is 0 Å². The number of halogens is 1. The van der Waals surface area contributed by atoms with Gasteiger partial charge in [-0.1, -0.05) is 29.3 Å². The minimum absolute atomic E-state index is 0.640. The molecule has 0 aliphatic carbocycles. The molecule has 2 rings (SSSR count). The van der Waals surface area contributed by atoms with E-state index < -0.39 is 0 Å². The minimum atomic E-state index is 0.640. The maximum absolute atomic E-state index is 4.04. The molecule has 0 amide bonds. The maximum Gasteiger partial charge on any atom is 0.0397 e. The van der Waals surface area contributed by atoms with E-state index in [9.17, 15) is 0 Å². The third-order valence-corrected chi connectivity index (χ3v) is 3.95. The van der Waals surface area contributed by atoms with Crippen molar-refractivity contribution >= 4 is 21.6 Å². The van der Waals surface area contributed by atoms with Crippen molar-refractivity contribution in [2.24, 2.45) is 5.92 Å². The van der Waals surface area contributed by atoms with E-state index in [1.54, 1.807) is 0 Å². The molecule has 1 saturated heterocycles. The van der Waals surface area contributed by atoms with Crippen LogP contribution in [-0.2, 0) is 0 Å².